The number of ether oxygens (including phenoxy) is 4. The lowest BCUT2D eigenvalue weighted by atomic mass is 9.86. The van der Waals surface area contributed by atoms with Gasteiger partial charge < -0.3 is 28.6 Å². The van der Waals surface area contributed by atoms with Gasteiger partial charge in [-0.2, -0.15) is 0 Å². The Bertz CT molecular complexity index is 1440. The molecule has 1 atom stereocenters. The van der Waals surface area contributed by atoms with E-state index in [1.54, 1.807) is 17.6 Å². The normalized spacial score (nSPS) is 19.5. The van der Waals surface area contributed by atoms with Crippen LogP contribution in [0.4, 0.5) is 0 Å². The van der Waals surface area contributed by atoms with Crippen molar-refractivity contribution in [2.45, 2.75) is 51.9 Å². The molecule has 3 aliphatic rings. The van der Waals surface area contributed by atoms with Crippen LogP contribution in [-0.2, 0) is 39.4 Å². The number of hydrogen-bond acceptors (Lipinski definition) is 8. The van der Waals surface area contributed by atoms with Crippen LogP contribution < -0.4 is 15.0 Å². The summed E-state index contributed by atoms with van der Waals surface area (Å²) in [5.41, 5.74) is 2.56. The molecule has 9 nitrogen and oxygen atoms in total. The first-order valence-electron chi connectivity index (χ1n) is 12.0. The van der Waals surface area contributed by atoms with E-state index in [1.807, 2.05) is 19.1 Å². The zero-order chi connectivity index (χ0) is 24.3. The third-order valence-electron chi connectivity index (χ3n) is 7.22. The summed E-state index contributed by atoms with van der Waals surface area (Å²) in [6.45, 7) is 5.32. The van der Waals surface area contributed by atoms with Crippen LogP contribution in [0.2, 0.25) is 0 Å². The number of hydrogen-bond donors (Lipinski definition) is 1. The van der Waals surface area contributed by atoms with E-state index in [1.165, 1.54) is 0 Å². The molecule has 0 radical (unpaired) electrons. The molecule has 5 heterocycles. The van der Waals surface area contributed by atoms with Crippen LogP contribution in [-0.4, -0.2) is 40.6 Å². The molecule has 0 fully saturated rings. The molecule has 2 aromatic heterocycles. The highest BCUT2D eigenvalue weighted by Gasteiger charge is 2.45. The summed E-state index contributed by atoms with van der Waals surface area (Å²) in [4.78, 5) is 30.9. The number of aliphatic hydroxyl groups is 1. The number of esters is 1. The fourth-order valence-corrected chi connectivity index (χ4v) is 5.33. The van der Waals surface area contributed by atoms with Crippen molar-refractivity contribution in [2.24, 2.45) is 0 Å². The molecule has 35 heavy (non-hydrogen) atoms. The van der Waals surface area contributed by atoms with Crippen LogP contribution in [0, 0.1) is 0 Å². The molecule has 0 aliphatic carbocycles. The number of cyclic esters (lactones) is 1. The molecule has 6 rings (SSSR count). The first-order chi connectivity index (χ1) is 17.0. The minimum Gasteiger partial charge on any atom is -0.458 e. The van der Waals surface area contributed by atoms with E-state index in [0.717, 1.165) is 34.9 Å². The zero-order valence-electron chi connectivity index (χ0n) is 19.7. The summed E-state index contributed by atoms with van der Waals surface area (Å²) >= 11 is 0. The third-order valence-corrected chi connectivity index (χ3v) is 7.22. The Morgan fingerprint density at radius 2 is 1.91 bits per heavy atom. The van der Waals surface area contributed by atoms with Crippen LogP contribution >= 0.6 is 0 Å². The van der Waals surface area contributed by atoms with Gasteiger partial charge in [-0.25, -0.2) is 9.78 Å². The summed E-state index contributed by atoms with van der Waals surface area (Å²) in [6.07, 6.45) is 1.66. The lowest BCUT2D eigenvalue weighted by Gasteiger charge is -2.31. The van der Waals surface area contributed by atoms with E-state index in [4.69, 9.17) is 23.9 Å². The van der Waals surface area contributed by atoms with E-state index in [-0.39, 0.29) is 25.4 Å². The maximum Gasteiger partial charge on any atom is 0.343 e. The second-order valence-corrected chi connectivity index (χ2v) is 9.04. The average molecular weight is 479 g/mol. The highest BCUT2D eigenvalue weighted by Crippen LogP contribution is 2.43. The van der Waals surface area contributed by atoms with Gasteiger partial charge in [-0.15, -0.1) is 0 Å². The molecule has 0 bridgehead atoms. The number of nitrogens with zero attached hydrogens (tertiary/aromatic N) is 2. The van der Waals surface area contributed by atoms with Crippen molar-refractivity contribution in [1.29, 1.82) is 0 Å². The second-order valence-electron chi connectivity index (χ2n) is 9.04. The van der Waals surface area contributed by atoms with Gasteiger partial charge >= 0.3 is 5.97 Å². The molecule has 3 aliphatic heterocycles. The lowest BCUT2D eigenvalue weighted by molar-refractivity contribution is -0.172. The standard InChI is InChI=1S/C26H26N2O7/c1-3-26(31)18-9-20-23-16(11-28(20)24(29)17(18)12-33-25(26)30)14(6-5-7-32-4-2)15-8-21-22(35-13-34-21)10-19(15)27-23/h8-10,31H,3-7,11-13H2,1-2H3/t26-/m0/s1. The topological polar surface area (TPSA) is 109 Å². The summed E-state index contributed by atoms with van der Waals surface area (Å²) in [6, 6.07) is 5.56. The Morgan fingerprint density at radius 3 is 2.69 bits per heavy atom. The van der Waals surface area contributed by atoms with Crippen molar-refractivity contribution >= 4 is 16.9 Å². The fourth-order valence-electron chi connectivity index (χ4n) is 5.33. The Hall–Kier alpha value is -3.43. The summed E-state index contributed by atoms with van der Waals surface area (Å²) in [5.74, 6) is 0.581. The van der Waals surface area contributed by atoms with Gasteiger partial charge in [0.15, 0.2) is 17.1 Å². The van der Waals surface area contributed by atoms with Crippen LogP contribution in [0.3, 0.4) is 0 Å². The lowest BCUT2D eigenvalue weighted by Crippen LogP contribution is -2.44. The number of fused-ring (bicyclic) bond motifs is 6. The summed E-state index contributed by atoms with van der Waals surface area (Å²) in [7, 11) is 0. The predicted molar refractivity (Wildman–Crippen MR) is 125 cm³/mol. The molecule has 9 heteroatoms. The van der Waals surface area contributed by atoms with Crippen molar-refractivity contribution in [3.63, 3.8) is 0 Å². The minimum absolute atomic E-state index is 0.103. The first-order valence-corrected chi connectivity index (χ1v) is 12.0. The van der Waals surface area contributed by atoms with E-state index in [9.17, 15) is 14.7 Å². The maximum atomic E-state index is 13.5. The van der Waals surface area contributed by atoms with Crippen LogP contribution in [0.25, 0.3) is 22.3 Å². The van der Waals surface area contributed by atoms with Gasteiger partial charge in [-0.05, 0) is 43.9 Å². The molecular formula is C26H26N2O7. The summed E-state index contributed by atoms with van der Waals surface area (Å²) in [5, 5.41) is 12.1. The molecule has 0 amide bonds. The largest absolute Gasteiger partial charge is 0.458 e. The molecule has 1 N–H and O–H groups in total. The van der Waals surface area contributed by atoms with Gasteiger partial charge in [0.05, 0.1) is 29.0 Å². The van der Waals surface area contributed by atoms with Crippen molar-refractivity contribution in [3.8, 4) is 22.9 Å². The van der Waals surface area contributed by atoms with Gasteiger partial charge in [0.25, 0.3) is 5.56 Å². The zero-order valence-corrected chi connectivity index (χ0v) is 19.7. The number of carbonyl (C=O) groups excluding carboxylic acids is 1. The second kappa shape index (κ2) is 8.07. The average Bonchev–Trinajstić information content (AvgIpc) is 3.47. The monoisotopic (exact) mass is 478 g/mol. The number of aromatic nitrogens is 2. The molecule has 0 saturated heterocycles. The van der Waals surface area contributed by atoms with E-state index >= 15 is 0 Å². The first kappa shape index (κ1) is 22.1. The van der Waals surface area contributed by atoms with Crippen LogP contribution in [0.5, 0.6) is 11.5 Å². The van der Waals surface area contributed by atoms with E-state index in [0.29, 0.717) is 53.8 Å². The number of benzene rings is 1. The smallest absolute Gasteiger partial charge is 0.343 e. The third kappa shape index (κ3) is 3.18. The number of pyridine rings is 2. The van der Waals surface area contributed by atoms with Crippen molar-refractivity contribution in [2.75, 3.05) is 20.0 Å². The molecule has 182 valence electrons. The molecule has 3 aromatic rings. The molecule has 0 saturated carbocycles. The van der Waals surface area contributed by atoms with Crippen LogP contribution in [0.15, 0.2) is 23.0 Å². The van der Waals surface area contributed by atoms with Crippen molar-refractivity contribution < 1.29 is 28.8 Å². The maximum absolute atomic E-state index is 13.5. The minimum atomic E-state index is -1.85. The van der Waals surface area contributed by atoms with Gasteiger partial charge in [-0.3, -0.25) is 4.79 Å². The van der Waals surface area contributed by atoms with Gasteiger partial charge in [0.2, 0.25) is 6.79 Å². The Balaban J connectivity index is 1.57. The fraction of sp³-hybridized carbons (Fsp3) is 0.423. The number of carbonyl (C=O) groups is 1. The molecular weight excluding hydrogens is 452 g/mol. The van der Waals surface area contributed by atoms with E-state index < -0.39 is 11.6 Å². The Kier molecular flexibility index (Phi) is 5.08. The quantitative estimate of drug-likeness (QED) is 0.333. The predicted octanol–water partition coefficient (Wildman–Crippen LogP) is 2.78. The van der Waals surface area contributed by atoms with Gasteiger partial charge in [0.1, 0.15) is 6.61 Å². The number of rotatable bonds is 6. The molecule has 1 aromatic carbocycles. The molecule has 0 unspecified atom stereocenters. The van der Waals surface area contributed by atoms with E-state index in [2.05, 4.69) is 0 Å². The summed E-state index contributed by atoms with van der Waals surface area (Å²) < 4.78 is 23.6. The Labute approximate surface area is 201 Å². The van der Waals surface area contributed by atoms with Crippen molar-refractivity contribution in [3.05, 3.63) is 50.8 Å². The van der Waals surface area contributed by atoms with Crippen LogP contribution in [0.1, 0.15) is 48.9 Å². The van der Waals surface area contributed by atoms with Gasteiger partial charge in [0, 0.05) is 35.8 Å². The number of aryl methyl sites for hydroxylation is 1. The highest BCUT2D eigenvalue weighted by atomic mass is 16.7. The van der Waals surface area contributed by atoms with Gasteiger partial charge in [-0.1, -0.05) is 6.92 Å². The highest BCUT2D eigenvalue weighted by molar-refractivity contribution is 5.91. The molecule has 0 spiro atoms. The Morgan fingerprint density at radius 1 is 1.11 bits per heavy atom. The SMILES string of the molecule is CCOCCCc1c2c(nc3cc4c(cc13)OCO4)-c1cc3c(c(=O)n1C2)COC(=O)[C@]3(O)CC. The van der Waals surface area contributed by atoms with Crippen molar-refractivity contribution in [1.82, 2.24) is 9.55 Å².